The van der Waals surface area contributed by atoms with Crippen molar-refractivity contribution < 1.29 is 9.18 Å². The molecule has 0 aliphatic heterocycles. The van der Waals surface area contributed by atoms with Crippen molar-refractivity contribution in [3.05, 3.63) is 56.2 Å². The van der Waals surface area contributed by atoms with Gasteiger partial charge in [0, 0.05) is 4.90 Å². The third-order valence-electron chi connectivity index (χ3n) is 2.57. The number of amides is 1. The maximum atomic E-state index is 13.5. The van der Waals surface area contributed by atoms with Crippen LogP contribution in [0.2, 0.25) is 20.1 Å². The Labute approximate surface area is 150 Å². The van der Waals surface area contributed by atoms with Gasteiger partial charge in [0.1, 0.15) is 5.82 Å². The van der Waals surface area contributed by atoms with Gasteiger partial charge in [-0.05, 0) is 18.2 Å². The van der Waals surface area contributed by atoms with E-state index in [2.05, 4.69) is 5.32 Å². The number of rotatable bonds is 4. The minimum Gasteiger partial charge on any atom is -0.323 e. The number of thioether (sulfide) groups is 1. The molecule has 1 N–H and O–H groups in total. The molecule has 116 valence electrons. The first-order chi connectivity index (χ1) is 10.4. The first-order valence-electron chi connectivity index (χ1n) is 5.90. The van der Waals surface area contributed by atoms with Crippen LogP contribution in [0.4, 0.5) is 10.1 Å². The Hall–Kier alpha value is -0.650. The summed E-state index contributed by atoms with van der Waals surface area (Å²) < 4.78 is 13.5. The van der Waals surface area contributed by atoms with Crippen molar-refractivity contribution in [2.45, 2.75) is 4.90 Å². The summed E-state index contributed by atoms with van der Waals surface area (Å²) in [6.07, 6.45) is 0. The number of anilines is 1. The number of carbonyl (C=O) groups is 1. The molecule has 0 saturated carbocycles. The second kappa shape index (κ2) is 7.75. The highest BCUT2D eigenvalue weighted by atomic mass is 35.5. The van der Waals surface area contributed by atoms with Gasteiger partial charge in [-0.15, -0.1) is 11.8 Å². The van der Waals surface area contributed by atoms with Gasteiger partial charge in [0.05, 0.1) is 31.5 Å². The van der Waals surface area contributed by atoms with Gasteiger partial charge < -0.3 is 5.32 Å². The molecule has 0 heterocycles. The van der Waals surface area contributed by atoms with E-state index in [9.17, 15) is 9.18 Å². The fourth-order valence-corrected chi connectivity index (χ4v) is 3.21. The molecule has 2 aromatic carbocycles. The smallest absolute Gasteiger partial charge is 0.234 e. The normalized spacial score (nSPS) is 10.6. The van der Waals surface area contributed by atoms with Crippen LogP contribution in [0.15, 0.2) is 35.2 Å². The van der Waals surface area contributed by atoms with E-state index in [1.165, 1.54) is 12.1 Å². The van der Waals surface area contributed by atoms with Crippen molar-refractivity contribution in [3.8, 4) is 0 Å². The lowest BCUT2D eigenvalue weighted by atomic mass is 10.3. The second-order valence-corrected chi connectivity index (χ2v) is 6.70. The summed E-state index contributed by atoms with van der Waals surface area (Å²) in [4.78, 5) is 12.3. The van der Waals surface area contributed by atoms with Gasteiger partial charge in [0.2, 0.25) is 5.91 Å². The van der Waals surface area contributed by atoms with E-state index in [0.717, 1.165) is 11.8 Å². The third kappa shape index (κ3) is 4.21. The van der Waals surface area contributed by atoms with Gasteiger partial charge in [-0.3, -0.25) is 4.79 Å². The van der Waals surface area contributed by atoms with E-state index in [-0.39, 0.29) is 37.3 Å². The summed E-state index contributed by atoms with van der Waals surface area (Å²) in [7, 11) is 0. The lowest BCUT2D eigenvalue weighted by Gasteiger charge is -2.11. The van der Waals surface area contributed by atoms with Crippen molar-refractivity contribution in [2.75, 3.05) is 11.1 Å². The molecule has 0 atom stereocenters. The monoisotopic (exact) mass is 397 g/mol. The maximum Gasteiger partial charge on any atom is 0.234 e. The van der Waals surface area contributed by atoms with Crippen LogP contribution >= 0.6 is 58.2 Å². The van der Waals surface area contributed by atoms with Crippen LogP contribution in [0, 0.1) is 5.82 Å². The lowest BCUT2D eigenvalue weighted by Crippen LogP contribution is -2.15. The van der Waals surface area contributed by atoms with Crippen LogP contribution in [0.3, 0.4) is 0 Å². The van der Waals surface area contributed by atoms with E-state index in [0.29, 0.717) is 4.90 Å². The average Bonchev–Trinajstić information content (AvgIpc) is 2.49. The molecule has 2 nitrogen and oxygen atoms in total. The molecule has 2 rings (SSSR count). The van der Waals surface area contributed by atoms with Gasteiger partial charge in [0.25, 0.3) is 0 Å². The number of nitrogens with one attached hydrogen (secondary N) is 1. The zero-order valence-corrected chi connectivity index (χ0v) is 14.6. The Morgan fingerprint density at radius 3 is 2.27 bits per heavy atom. The number of carbonyl (C=O) groups excluding carboxylic acids is 1. The summed E-state index contributed by atoms with van der Waals surface area (Å²) >= 11 is 24.8. The predicted octanol–water partition coefficient (Wildman–Crippen LogP) is 6.17. The molecule has 0 unspecified atom stereocenters. The number of hydrogen-bond acceptors (Lipinski definition) is 2. The largest absolute Gasteiger partial charge is 0.323 e. The summed E-state index contributed by atoms with van der Waals surface area (Å²) in [6.45, 7) is 0. The molecular formula is C14H8Cl4FNOS. The zero-order valence-electron chi connectivity index (χ0n) is 10.8. The van der Waals surface area contributed by atoms with E-state index in [4.69, 9.17) is 46.4 Å². The summed E-state index contributed by atoms with van der Waals surface area (Å²) in [5.41, 5.74) is 0.139. The molecule has 0 aromatic heterocycles. The minimum absolute atomic E-state index is 0.0161. The molecule has 0 saturated heterocycles. The second-order valence-electron chi connectivity index (χ2n) is 4.11. The maximum absolute atomic E-state index is 13.5. The molecule has 0 fully saturated rings. The number of benzene rings is 2. The van der Waals surface area contributed by atoms with Crippen molar-refractivity contribution in [1.82, 2.24) is 0 Å². The first kappa shape index (κ1) is 17.7. The van der Waals surface area contributed by atoms with E-state index in [1.807, 2.05) is 0 Å². The SMILES string of the molecule is O=C(CSc1ccccc1F)Nc1c(Cl)c(Cl)cc(Cl)c1Cl. The van der Waals surface area contributed by atoms with Gasteiger partial charge in [-0.25, -0.2) is 4.39 Å². The van der Waals surface area contributed by atoms with Crippen LogP contribution in [-0.2, 0) is 4.79 Å². The Morgan fingerprint density at radius 2 is 1.68 bits per heavy atom. The molecule has 22 heavy (non-hydrogen) atoms. The first-order valence-corrected chi connectivity index (χ1v) is 8.40. The van der Waals surface area contributed by atoms with Crippen molar-refractivity contribution in [1.29, 1.82) is 0 Å². The van der Waals surface area contributed by atoms with Crippen LogP contribution in [0.25, 0.3) is 0 Å². The standard InChI is InChI=1S/C14H8Cl4FNOS/c15-7-5-8(16)13(18)14(12(7)17)20-11(21)6-22-10-4-2-1-3-9(10)19/h1-5H,6H2,(H,20,21). The number of hydrogen-bond donors (Lipinski definition) is 1. The quantitative estimate of drug-likeness (QED) is 0.492. The van der Waals surface area contributed by atoms with Crippen molar-refractivity contribution >= 4 is 69.8 Å². The molecule has 8 heteroatoms. The molecule has 0 spiro atoms. The van der Waals surface area contributed by atoms with Gasteiger partial charge in [-0.2, -0.15) is 0 Å². The van der Waals surface area contributed by atoms with Gasteiger partial charge >= 0.3 is 0 Å². The predicted molar refractivity (Wildman–Crippen MR) is 92.2 cm³/mol. The molecular weight excluding hydrogens is 391 g/mol. The van der Waals surface area contributed by atoms with E-state index >= 15 is 0 Å². The third-order valence-corrected chi connectivity index (χ3v) is 5.20. The Bertz CT molecular complexity index is 700. The Morgan fingerprint density at radius 1 is 1.09 bits per heavy atom. The molecule has 0 radical (unpaired) electrons. The highest BCUT2D eigenvalue weighted by Crippen LogP contribution is 2.41. The minimum atomic E-state index is -0.407. The number of halogens is 5. The average molecular weight is 399 g/mol. The zero-order chi connectivity index (χ0) is 16.3. The summed E-state index contributed by atoms with van der Waals surface area (Å²) in [5, 5.41) is 3.08. The molecule has 0 bridgehead atoms. The van der Waals surface area contributed by atoms with Crippen molar-refractivity contribution in [3.63, 3.8) is 0 Å². The molecule has 2 aromatic rings. The van der Waals surface area contributed by atoms with Crippen molar-refractivity contribution in [2.24, 2.45) is 0 Å². The topological polar surface area (TPSA) is 29.1 Å². The van der Waals surface area contributed by atoms with Crippen LogP contribution in [-0.4, -0.2) is 11.7 Å². The Kier molecular flexibility index (Phi) is 6.24. The fourth-order valence-electron chi connectivity index (χ4n) is 1.56. The summed E-state index contributed by atoms with van der Waals surface area (Å²) in [6, 6.07) is 7.56. The van der Waals surface area contributed by atoms with Crippen LogP contribution in [0.1, 0.15) is 0 Å². The van der Waals surface area contributed by atoms with Gasteiger partial charge in [-0.1, -0.05) is 58.5 Å². The fraction of sp³-hybridized carbons (Fsp3) is 0.0714. The highest BCUT2D eigenvalue weighted by Gasteiger charge is 2.16. The van der Waals surface area contributed by atoms with Crippen LogP contribution in [0.5, 0.6) is 0 Å². The van der Waals surface area contributed by atoms with Gasteiger partial charge in [0.15, 0.2) is 0 Å². The van der Waals surface area contributed by atoms with E-state index in [1.54, 1.807) is 18.2 Å². The lowest BCUT2D eigenvalue weighted by molar-refractivity contribution is -0.113. The Balaban J connectivity index is 2.09. The molecule has 1 amide bonds. The van der Waals surface area contributed by atoms with Crippen LogP contribution < -0.4 is 5.32 Å². The highest BCUT2D eigenvalue weighted by molar-refractivity contribution is 8.00. The molecule has 0 aliphatic carbocycles. The molecule has 0 aliphatic rings. The van der Waals surface area contributed by atoms with E-state index < -0.39 is 5.91 Å². The summed E-state index contributed by atoms with van der Waals surface area (Å²) in [5.74, 6) is -0.810.